The highest BCUT2D eigenvalue weighted by molar-refractivity contribution is 6.04. The third-order valence-corrected chi connectivity index (χ3v) is 11.1. The van der Waals surface area contributed by atoms with Gasteiger partial charge in [0, 0.05) is 23.8 Å². The van der Waals surface area contributed by atoms with Crippen LogP contribution in [0.3, 0.4) is 0 Å². The monoisotopic (exact) mass is 799 g/mol. The van der Waals surface area contributed by atoms with E-state index >= 15 is 0 Å². The first-order valence-electron chi connectivity index (χ1n) is 21.6. The molecular weight excluding hydrogens is 725 g/mol. The zero-order valence-corrected chi connectivity index (χ0v) is 36.5. The number of benzene rings is 2. The second-order valence-corrected chi connectivity index (χ2v) is 15.2. The van der Waals surface area contributed by atoms with Crippen LogP contribution in [-0.2, 0) is 14.3 Å². The van der Waals surface area contributed by atoms with Gasteiger partial charge in [-0.2, -0.15) is 0 Å². The van der Waals surface area contributed by atoms with E-state index in [0.29, 0.717) is 46.3 Å². The minimum Gasteiger partial charge on any atom is -0.493 e. The highest BCUT2D eigenvalue weighted by Gasteiger charge is 2.46. The number of carboxylic acids is 1. The van der Waals surface area contributed by atoms with Gasteiger partial charge in [0.25, 0.3) is 0 Å². The van der Waals surface area contributed by atoms with Crippen LogP contribution in [0.25, 0.3) is 0 Å². The van der Waals surface area contributed by atoms with E-state index in [1.165, 1.54) is 145 Å². The van der Waals surface area contributed by atoms with E-state index in [1.54, 1.807) is 38.1 Å². The summed E-state index contributed by atoms with van der Waals surface area (Å²) in [6, 6.07) is 7.00. The lowest BCUT2D eigenvalue weighted by Crippen LogP contribution is -2.39. The Morgan fingerprint density at radius 1 is 0.579 bits per heavy atom. The van der Waals surface area contributed by atoms with Gasteiger partial charge in [0.2, 0.25) is 5.75 Å². The van der Waals surface area contributed by atoms with Crippen LogP contribution in [-0.4, -0.2) is 65.0 Å². The summed E-state index contributed by atoms with van der Waals surface area (Å²) in [6.45, 7) is 5.97. The lowest BCUT2D eigenvalue weighted by molar-refractivity contribution is -0.150. The zero-order valence-electron chi connectivity index (χ0n) is 36.5. The number of unbranched alkanes of at least 4 members (excludes halogenated alkanes) is 18. The first-order chi connectivity index (χ1) is 27.6. The predicted octanol–water partition coefficient (Wildman–Crippen LogP) is 11.8. The van der Waals surface area contributed by atoms with Crippen LogP contribution in [0.2, 0.25) is 0 Å². The maximum absolute atomic E-state index is 13.4. The Labute approximate surface area is 343 Å². The lowest BCUT2D eigenvalue weighted by Gasteiger charge is -2.36. The molecule has 0 amide bonds. The molecule has 322 valence electrons. The summed E-state index contributed by atoms with van der Waals surface area (Å²) >= 11 is 0. The van der Waals surface area contributed by atoms with Gasteiger partial charge >= 0.3 is 11.9 Å². The SMILES string of the molecule is CCCCCCCCCCCCCCCCCCCCCC(=O)O.CCOC(=O)C1C(C)C(=O)c2cc(OC)c(OC)cc2C1c1cc(OC)c(OC)c(OC)c1. The summed E-state index contributed by atoms with van der Waals surface area (Å²) in [7, 11) is 7.61. The Bertz CT molecular complexity index is 1450. The van der Waals surface area contributed by atoms with E-state index < -0.39 is 29.7 Å². The van der Waals surface area contributed by atoms with Crippen LogP contribution in [0.4, 0.5) is 0 Å². The van der Waals surface area contributed by atoms with Crippen LogP contribution < -0.4 is 23.7 Å². The molecule has 10 nitrogen and oxygen atoms in total. The van der Waals surface area contributed by atoms with Crippen molar-refractivity contribution in [2.75, 3.05) is 42.2 Å². The molecule has 0 spiro atoms. The molecule has 1 aliphatic rings. The molecule has 57 heavy (non-hydrogen) atoms. The summed E-state index contributed by atoms with van der Waals surface area (Å²) in [5.41, 5.74) is 1.83. The van der Waals surface area contributed by atoms with Gasteiger partial charge in [-0.1, -0.05) is 129 Å². The Morgan fingerprint density at radius 3 is 1.39 bits per heavy atom. The number of rotatable bonds is 28. The molecule has 1 aliphatic carbocycles. The fraction of sp³-hybridized carbons (Fsp3) is 0.681. The fourth-order valence-electron chi connectivity index (χ4n) is 7.86. The standard InChI is InChI=1S/C25H30O8.C22H44O2/c1-8-33-25(27)21-13(2)23(26)16-12-18(29-4)17(28-3)11-15(16)22(21)14-9-19(30-5)24(32-7)20(10-14)31-6;1-2-3-4-5-6-7-8-9-10-11-12-13-14-15-16-17-18-19-20-21-22(23)24/h9-13,21-22H,8H2,1-7H3;2-21H2,1H3,(H,23,24). The van der Waals surface area contributed by atoms with Crippen LogP contribution in [0.1, 0.15) is 177 Å². The van der Waals surface area contributed by atoms with Crippen molar-refractivity contribution in [3.05, 3.63) is 41.0 Å². The number of carbonyl (C=O) groups is 3. The maximum atomic E-state index is 13.4. The van der Waals surface area contributed by atoms with E-state index in [0.717, 1.165) is 18.4 Å². The van der Waals surface area contributed by atoms with Crippen LogP contribution in [0.5, 0.6) is 28.7 Å². The van der Waals surface area contributed by atoms with E-state index in [9.17, 15) is 14.4 Å². The number of hydrogen-bond donors (Lipinski definition) is 1. The summed E-state index contributed by atoms with van der Waals surface area (Å²) < 4.78 is 32.8. The van der Waals surface area contributed by atoms with Crippen LogP contribution in [0, 0.1) is 11.8 Å². The van der Waals surface area contributed by atoms with Gasteiger partial charge in [0.15, 0.2) is 28.8 Å². The Hall–Kier alpha value is -3.95. The number of fused-ring (bicyclic) bond motifs is 1. The number of carboxylic acid groups (broad SMARTS) is 1. The second-order valence-electron chi connectivity index (χ2n) is 15.2. The van der Waals surface area contributed by atoms with Crippen molar-refractivity contribution in [1.29, 1.82) is 0 Å². The summed E-state index contributed by atoms with van der Waals surface area (Å²) in [6.07, 6.45) is 26.1. The molecule has 3 atom stereocenters. The van der Waals surface area contributed by atoms with E-state index in [4.69, 9.17) is 33.5 Å². The molecule has 3 unspecified atom stereocenters. The molecular formula is C47H74O10. The van der Waals surface area contributed by atoms with Gasteiger partial charge in [-0.05, 0) is 48.7 Å². The van der Waals surface area contributed by atoms with Crippen molar-refractivity contribution in [3.8, 4) is 28.7 Å². The average molecular weight is 799 g/mol. The van der Waals surface area contributed by atoms with Crippen molar-refractivity contribution < 1.29 is 47.9 Å². The number of Topliss-reactive ketones (excluding diaryl/α,β-unsaturated/α-hetero) is 1. The molecule has 0 bridgehead atoms. The molecule has 1 N–H and O–H groups in total. The van der Waals surface area contributed by atoms with Crippen LogP contribution >= 0.6 is 0 Å². The van der Waals surface area contributed by atoms with Crippen molar-refractivity contribution in [2.24, 2.45) is 11.8 Å². The summed E-state index contributed by atoms with van der Waals surface area (Å²) in [5, 5.41) is 8.56. The third-order valence-electron chi connectivity index (χ3n) is 11.1. The second kappa shape index (κ2) is 28.5. The third kappa shape index (κ3) is 16.1. The fourth-order valence-corrected chi connectivity index (χ4v) is 7.86. The highest BCUT2D eigenvalue weighted by Crippen LogP contribution is 2.50. The summed E-state index contributed by atoms with van der Waals surface area (Å²) in [5.74, 6) is -0.947. The van der Waals surface area contributed by atoms with Crippen molar-refractivity contribution in [1.82, 2.24) is 0 Å². The zero-order chi connectivity index (χ0) is 42.0. The number of ketones is 1. The van der Waals surface area contributed by atoms with Gasteiger partial charge in [-0.3, -0.25) is 14.4 Å². The molecule has 0 fully saturated rings. The number of aliphatic carboxylic acids is 1. The largest absolute Gasteiger partial charge is 0.493 e. The molecule has 0 saturated heterocycles. The Kier molecular flexibility index (Phi) is 24.6. The van der Waals surface area contributed by atoms with Crippen molar-refractivity contribution >= 4 is 17.7 Å². The quantitative estimate of drug-likeness (QED) is 0.0656. The molecule has 0 saturated carbocycles. The minimum absolute atomic E-state index is 0.160. The number of carbonyl (C=O) groups excluding carboxylic acids is 2. The first-order valence-corrected chi connectivity index (χ1v) is 21.6. The predicted molar refractivity (Wildman–Crippen MR) is 227 cm³/mol. The topological polar surface area (TPSA) is 127 Å². The minimum atomic E-state index is -0.758. The van der Waals surface area contributed by atoms with Crippen LogP contribution in [0.15, 0.2) is 24.3 Å². The number of methoxy groups -OCH3 is 5. The number of hydrogen-bond acceptors (Lipinski definition) is 9. The van der Waals surface area contributed by atoms with E-state index in [2.05, 4.69) is 6.92 Å². The van der Waals surface area contributed by atoms with Crippen molar-refractivity contribution in [3.63, 3.8) is 0 Å². The Balaban J connectivity index is 0.000000417. The maximum Gasteiger partial charge on any atom is 0.310 e. The van der Waals surface area contributed by atoms with E-state index in [-0.39, 0.29) is 12.4 Å². The summed E-state index contributed by atoms with van der Waals surface area (Å²) in [4.78, 5) is 36.9. The molecule has 0 radical (unpaired) electrons. The van der Waals surface area contributed by atoms with Gasteiger partial charge in [-0.25, -0.2) is 0 Å². The molecule has 0 aliphatic heterocycles. The van der Waals surface area contributed by atoms with Gasteiger partial charge in [0.05, 0.1) is 48.1 Å². The Morgan fingerprint density at radius 2 is 1.00 bits per heavy atom. The highest BCUT2D eigenvalue weighted by atomic mass is 16.5. The molecule has 10 heteroatoms. The van der Waals surface area contributed by atoms with E-state index in [1.807, 2.05) is 0 Å². The lowest BCUT2D eigenvalue weighted by atomic mass is 9.66. The molecule has 2 aromatic carbocycles. The molecule has 0 heterocycles. The smallest absolute Gasteiger partial charge is 0.310 e. The average Bonchev–Trinajstić information content (AvgIpc) is 3.21. The molecule has 3 rings (SSSR count). The van der Waals surface area contributed by atoms with Gasteiger partial charge in [0.1, 0.15) is 0 Å². The normalized spacial score (nSPS) is 15.9. The van der Waals surface area contributed by atoms with Crippen molar-refractivity contribution in [2.45, 2.75) is 155 Å². The first kappa shape index (κ1) is 49.2. The number of ether oxygens (including phenoxy) is 6. The number of esters is 1. The molecule has 0 aromatic heterocycles. The van der Waals surface area contributed by atoms with Gasteiger partial charge in [-0.15, -0.1) is 0 Å². The van der Waals surface area contributed by atoms with Gasteiger partial charge < -0.3 is 33.5 Å². The molecule has 2 aromatic rings.